The molecule has 1 N–H and O–H groups in total. The number of hydrogen-bond donors (Lipinski definition) is 1. The standard InChI is InChI=1S/C23H30N2O/c1-3-7-18(2)24-22-14-16-25(17-15-22)23(26)21-12-10-20(11-13-21)19-8-5-4-6-9-19/h4-6,8-13,18,22,24H,3,7,14-17H2,1-2H3. The smallest absolute Gasteiger partial charge is 0.253 e. The van der Waals surface area contributed by atoms with Crippen LogP contribution in [0.5, 0.6) is 0 Å². The Kier molecular flexibility index (Phi) is 6.45. The molecular weight excluding hydrogens is 320 g/mol. The quantitative estimate of drug-likeness (QED) is 0.816. The Morgan fingerprint density at radius 3 is 2.27 bits per heavy atom. The number of benzene rings is 2. The van der Waals surface area contributed by atoms with Gasteiger partial charge in [-0.1, -0.05) is 55.8 Å². The van der Waals surface area contributed by atoms with Crippen molar-refractivity contribution in [1.29, 1.82) is 0 Å². The number of amides is 1. The van der Waals surface area contributed by atoms with Crippen molar-refractivity contribution in [2.45, 2.75) is 51.6 Å². The van der Waals surface area contributed by atoms with E-state index in [0.717, 1.165) is 37.1 Å². The normalized spacial score (nSPS) is 16.5. The number of piperidine rings is 1. The summed E-state index contributed by atoms with van der Waals surface area (Å²) in [5.74, 6) is 0.157. The van der Waals surface area contributed by atoms with Crippen molar-refractivity contribution in [3.8, 4) is 11.1 Å². The highest BCUT2D eigenvalue weighted by molar-refractivity contribution is 5.94. The fourth-order valence-electron chi connectivity index (χ4n) is 3.79. The van der Waals surface area contributed by atoms with Gasteiger partial charge in [0.15, 0.2) is 0 Å². The number of carbonyl (C=O) groups excluding carboxylic acids is 1. The van der Waals surface area contributed by atoms with Crippen LogP contribution in [0, 0.1) is 0 Å². The van der Waals surface area contributed by atoms with Crippen LogP contribution in [0.1, 0.15) is 49.9 Å². The second kappa shape index (κ2) is 9.00. The molecule has 1 saturated heterocycles. The summed E-state index contributed by atoms with van der Waals surface area (Å²) in [7, 11) is 0. The van der Waals surface area contributed by atoms with Crippen molar-refractivity contribution in [2.75, 3.05) is 13.1 Å². The predicted molar refractivity (Wildman–Crippen MR) is 108 cm³/mol. The Hall–Kier alpha value is -2.13. The zero-order valence-electron chi connectivity index (χ0n) is 15.9. The summed E-state index contributed by atoms with van der Waals surface area (Å²) in [6.07, 6.45) is 4.52. The summed E-state index contributed by atoms with van der Waals surface area (Å²) in [5.41, 5.74) is 3.12. The average molecular weight is 351 g/mol. The van der Waals surface area contributed by atoms with Gasteiger partial charge in [-0.3, -0.25) is 4.79 Å². The number of likely N-dealkylation sites (tertiary alicyclic amines) is 1. The highest BCUT2D eigenvalue weighted by Gasteiger charge is 2.24. The lowest BCUT2D eigenvalue weighted by Gasteiger charge is -2.34. The van der Waals surface area contributed by atoms with Crippen LogP contribution in [0.2, 0.25) is 0 Å². The van der Waals surface area contributed by atoms with E-state index in [1.165, 1.54) is 18.4 Å². The Morgan fingerprint density at radius 1 is 1.04 bits per heavy atom. The van der Waals surface area contributed by atoms with Gasteiger partial charge in [0, 0.05) is 30.7 Å². The summed E-state index contributed by atoms with van der Waals surface area (Å²) in [6.45, 7) is 6.17. The molecule has 2 aromatic carbocycles. The topological polar surface area (TPSA) is 32.3 Å². The molecule has 1 amide bonds. The summed E-state index contributed by atoms with van der Waals surface area (Å²) in [5, 5.41) is 3.71. The molecule has 0 radical (unpaired) electrons. The molecule has 0 bridgehead atoms. The van der Waals surface area contributed by atoms with Crippen LogP contribution < -0.4 is 5.32 Å². The zero-order chi connectivity index (χ0) is 18.4. The molecule has 2 aromatic rings. The Labute approximate surface area is 157 Å². The third kappa shape index (κ3) is 4.73. The lowest BCUT2D eigenvalue weighted by atomic mass is 10.0. The first-order chi connectivity index (χ1) is 12.7. The fourth-order valence-corrected chi connectivity index (χ4v) is 3.79. The van der Waals surface area contributed by atoms with E-state index >= 15 is 0 Å². The van der Waals surface area contributed by atoms with Crippen molar-refractivity contribution in [3.63, 3.8) is 0 Å². The number of nitrogens with one attached hydrogen (secondary N) is 1. The SMILES string of the molecule is CCCC(C)NC1CCN(C(=O)c2ccc(-c3ccccc3)cc2)CC1. The van der Waals surface area contributed by atoms with Crippen LogP contribution >= 0.6 is 0 Å². The van der Waals surface area contributed by atoms with Gasteiger partial charge in [-0.25, -0.2) is 0 Å². The lowest BCUT2D eigenvalue weighted by molar-refractivity contribution is 0.0702. The Balaban J connectivity index is 1.55. The minimum absolute atomic E-state index is 0.157. The average Bonchev–Trinajstić information content (AvgIpc) is 2.69. The van der Waals surface area contributed by atoms with Crippen molar-refractivity contribution < 1.29 is 4.79 Å². The summed E-state index contributed by atoms with van der Waals surface area (Å²) in [4.78, 5) is 14.8. The molecule has 26 heavy (non-hydrogen) atoms. The van der Waals surface area contributed by atoms with E-state index in [4.69, 9.17) is 0 Å². The first kappa shape index (κ1) is 18.7. The Bertz CT molecular complexity index is 688. The van der Waals surface area contributed by atoms with Crippen molar-refractivity contribution in [1.82, 2.24) is 10.2 Å². The maximum atomic E-state index is 12.8. The second-order valence-electron chi connectivity index (χ2n) is 7.37. The van der Waals surface area contributed by atoms with Crippen molar-refractivity contribution in [3.05, 3.63) is 60.2 Å². The van der Waals surface area contributed by atoms with Crippen LogP contribution in [0.25, 0.3) is 11.1 Å². The van der Waals surface area contributed by atoms with Gasteiger partial charge >= 0.3 is 0 Å². The highest BCUT2D eigenvalue weighted by Crippen LogP contribution is 2.21. The first-order valence-electron chi connectivity index (χ1n) is 9.88. The maximum Gasteiger partial charge on any atom is 0.253 e. The van der Waals surface area contributed by atoms with Crippen LogP contribution in [0.15, 0.2) is 54.6 Å². The number of hydrogen-bond acceptors (Lipinski definition) is 2. The van der Waals surface area contributed by atoms with E-state index in [0.29, 0.717) is 12.1 Å². The molecule has 138 valence electrons. The highest BCUT2D eigenvalue weighted by atomic mass is 16.2. The molecular formula is C23H30N2O. The largest absolute Gasteiger partial charge is 0.339 e. The molecule has 0 spiro atoms. The van der Waals surface area contributed by atoms with Gasteiger partial charge in [0.25, 0.3) is 5.91 Å². The van der Waals surface area contributed by atoms with Crippen molar-refractivity contribution >= 4 is 5.91 Å². The van der Waals surface area contributed by atoms with Gasteiger partial charge in [-0.15, -0.1) is 0 Å². The van der Waals surface area contributed by atoms with E-state index in [1.54, 1.807) is 0 Å². The lowest BCUT2D eigenvalue weighted by Crippen LogP contribution is -2.47. The summed E-state index contributed by atoms with van der Waals surface area (Å²) in [6, 6.07) is 19.4. The second-order valence-corrected chi connectivity index (χ2v) is 7.37. The van der Waals surface area contributed by atoms with Gasteiger partial charge in [0.2, 0.25) is 0 Å². The van der Waals surface area contributed by atoms with Crippen LogP contribution in [-0.2, 0) is 0 Å². The zero-order valence-corrected chi connectivity index (χ0v) is 15.9. The third-order valence-corrected chi connectivity index (χ3v) is 5.26. The molecule has 1 unspecified atom stereocenters. The van der Waals surface area contributed by atoms with Gasteiger partial charge in [-0.2, -0.15) is 0 Å². The molecule has 1 atom stereocenters. The van der Waals surface area contributed by atoms with Crippen LogP contribution in [-0.4, -0.2) is 36.0 Å². The molecule has 0 saturated carbocycles. The Morgan fingerprint density at radius 2 is 1.65 bits per heavy atom. The van der Waals surface area contributed by atoms with Gasteiger partial charge in [0.05, 0.1) is 0 Å². The van der Waals surface area contributed by atoms with E-state index in [2.05, 4.69) is 31.3 Å². The number of nitrogens with zero attached hydrogens (tertiary/aromatic N) is 1. The molecule has 1 aliphatic heterocycles. The van der Waals surface area contributed by atoms with Gasteiger partial charge < -0.3 is 10.2 Å². The third-order valence-electron chi connectivity index (χ3n) is 5.26. The maximum absolute atomic E-state index is 12.8. The number of carbonyl (C=O) groups is 1. The molecule has 3 nitrogen and oxygen atoms in total. The van der Waals surface area contributed by atoms with E-state index in [9.17, 15) is 4.79 Å². The first-order valence-corrected chi connectivity index (χ1v) is 9.88. The van der Waals surface area contributed by atoms with E-state index < -0.39 is 0 Å². The minimum atomic E-state index is 0.157. The van der Waals surface area contributed by atoms with Gasteiger partial charge in [0.1, 0.15) is 0 Å². The molecule has 3 heteroatoms. The summed E-state index contributed by atoms with van der Waals surface area (Å²) >= 11 is 0. The molecule has 0 aromatic heterocycles. The number of rotatable bonds is 6. The fraction of sp³-hybridized carbons (Fsp3) is 0.435. The molecule has 1 heterocycles. The molecule has 3 rings (SSSR count). The van der Waals surface area contributed by atoms with E-state index in [-0.39, 0.29) is 5.91 Å². The summed E-state index contributed by atoms with van der Waals surface area (Å²) < 4.78 is 0. The van der Waals surface area contributed by atoms with E-state index in [1.807, 2.05) is 47.4 Å². The molecule has 1 fully saturated rings. The van der Waals surface area contributed by atoms with Crippen molar-refractivity contribution in [2.24, 2.45) is 0 Å². The minimum Gasteiger partial charge on any atom is -0.339 e. The monoisotopic (exact) mass is 350 g/mol. The van der Waals surface area contributed by atoms with Crippen LogP contribution in [0.4, 0.5) is 0 Å². The molecule has 1 aliphatic rings. The predicted octanol–water partition coefficient (Wildman–Crippen LogP) is 4.74. The molecule has 0 aliphatic carbocycles. The van der Waals surface area contributed by atoms with Crippen LogP contribution in [0.3, 0.4) is 0 Å². The van der Waals surface area contributed by atoms with Gasteiger partial charge in [-0.05, 0) is 49.4 Å².